The number of anilines is 1. The number of aromatic nitrogens is 2. The predicted molar refractivity (Wildman–Crippen MR) is 97.7 cm³/mol. The molecular formula is C18H19N3O2S. The second-order valence-corrected chi connectivity index (χ2v) is 6.60. The van der Waals surface area contributed by atoms with E-state index in [1.807, 2.05) is 62.4 Å². The number of hydrogen-bond acceptors (Lipinski definition) is 4. The first-order chi connectivity index (χ1) is 11.7. The number of carbonyl (C=O) groups is 1. The number of aromatic amines is 1. The van der Waals surface area contributed by atoms with Gasteiger partial charge in [-0.2, -0.15) is 0 Å². The first kappa shape index (κ1) is 16.4. The number of amides is 1. The molecule has 0 spiro atoms. The van der Waals surface area contributed by atoms with Crippen molar-refractivity contribution in [2.24, 2.45) is 0 Å². The fourth-order valence-corrected chi connectivity index (χ4v) is 3.08. The molecule has 124 valence electrons. The first-order valence-corrected chi connectivity index (χ1v) is 8.69. The molecule has 0 bridgehead atoms. The first-order valence-electron chi connectivity index (χ1n) is 7.81. The number of ether oxygens (including phenoxy) is 1. The predicted octanol–water partition coefficient (Wildman–Crippen LogP) is 4.08. The highest BCUT2D eigenvalue weighted by atomic mass is 32.2. The Kier molecular flexibility index (Phi) is 5.05. The van der Waals surface area contributed by atoms with Crippen molar-refractivity contribution in [3.05, 3.63) is 48.5 Å². The average molecular weight is 341 g/mol. The summed E-state index contributed by atoms with van der Waals surface area (Å²) in [5, 5.41) is 3.35. The molecule has 0 aliphatic heterocycles. The Morgan fingerprint density at radius 1 is 1.29 bits per heavy atom. The van der Waals surface area contributed by atoms with Crippen molar-refractivity contribution < 1.29 is 9.53 Å². The number of para-hydroxylation sites is 1. The molecule has 2 N–H and O–H groups in total. The maximum Gasteiger partial charge on any atom is 0.237 e. The van der Waals surface area contributed by atoms with Crippen molar-refractivity contribution in [1.82, 2.24) is 9.97 Å². The van der Waals surface area contributed by atoms with Gasteiger partial charge in [0.2, 0.25) is 5.91 Å². The number of carbonyl (C=O) groups excluding carboxylic acids is 1. The van der Waals surface area contributed by atoms with Crippen molar-refractivity contribution in [2.45, 2.75) is 24.3 Å². The lowest BCUT2D eigenvalue weighted by Gasteiger charge is -2.10. The number of imidazole rings is 1. The van der Waals surface area contributed by atoms with Crippen LogP contribution in [0.3, 0.4) is 0 Å². The third kappa shape index (κ3) is 3.89. The maximum atomic E-state index is 12.3. The van der Waals surface area contributed by atoms with Crippen LogP contribution < -0.4 is 10.1 Å². The lowest BCUT2D eigenvalue weighted by Crippen LogP contribution is -2.22. The average Bonchev–Trinajstić information content (AvgIpc) is 2.97. The molecule has 1 unspecified atom stereocenters. The molecule has 1 atom stereocenters. The second kappa shape index (κ2) is 7.40. The molecule has 0 saturated heterocycles. The number of fused-ring (bicyclic) bond motifs is 1. The summed E-state index contributed by atoms with van der Waals surface area (Å²) in [6, 6.07) is 15.2. The lowest BCUT2D eigenvalue weighted by molar-refractivity contribution is -0.115. The molecule has 24 heavy (non-hydrogen) atoms. The van der Waals surface area contributed by atoms with Gasteiger partial charge < -0.3 is 15.0 Å². The number of thioether (sulfide) groups is 1. The van der Waals surface area contributed by atoms with Gasteiger partial charge in [-0.3, -0.25) is 4.79 Å². The van der Waals surface area contributed by atoms with Crippen LogP contribution in [0.1, 0.15) is 13.8 Å². The van der Waals surface area contributed by atoms with Crippen LogP contribution in [0.5, 0.6) is 5.75 Å². The largest absolute Gasteiger partial charge is 0.494 e. The van der Waals surface area contributed by atoms with Crippen LogP contribution in [-0.4, -0.2) is 27.7 Å². The minimum Gasteiger partial charge on any atom is -0.494 e. The van der Waals surface area contributed by atoms with E-state index >= 15 is 0 Å². The van der Waals surface area contributed by atoms with Gasteiger partial charge in [0.05, 0.1) is 22.9 Å². The van der Waals surface area contributed by atoms with E-state index in [0.29, 0.717) is 6.61 Å². The summed E-state index contributed by atoms with van der Waals surface area (Å²) < 4.78 is 5.49. The zero-order valence-corrected chi connectivity index (χ0v) is 14.4. The van der Waals surface area contributed by atoms with Gasteiger partial charge in [0.25, 0.3) is 0 Å². The number of nitrogens with zero attached hydrogens (tertiary/aromatic N) is 1. The van der Waals surface area contributed by atoms with Crippen LogP contribution in [0.2, 0.25) is 0 Å². The summed E-state index contributed by atoms with van der Waals surface area (Å²) in [5.41, 5.74) is 2.55. The SMILES string of the molecule is CCOc1ccc2nc(SC(C)C(=O)Nc3ccccc3)[nH]c2c1. The van der Waals surface area contributed by atoms with Crippen LogP contribution in [0.4, 0.5) is 5.69 Å². The normalized spacial score (nSPS) is 12.1. The van der Waals surface area contributed by atoms with Crippen LogP contribution in [0.15, 0.2) is 53.7 Å². The smallest absolute Gasteiger partial charge is 0.237 e. The highest BCUT2D eigenvalue weighted by Gasteiger charge is 2.17. The van der Waals surface area contributed by atoms with Crippen molar-refractivity contribution in [2.75, 3.05) is 11.9 Å². The molecule has 1 aromatic heterocycles. The van der Waals surface area contributed by atoms with Crippen LogP contribution >= 0.6 is 11.8 Å². The Hall–Kier alpha value is -2.47. The van der Waals surface area contributed by atoms with Crippen LogP contribution in [0.25, 0.3) is 11.0 Å². The molecule has 0 aliphatic carbocycles. The van der Waals surface area contributed by atoms with Gasteiger partial charge in [0.1, 0.15) is 5.75 Å². The van der Waals surface area contributed by atoms with Gasteiger partial charge in [0, 0.05) is 11.8 Å². The second-order valence-electron chi connectivity index (χ2n) is 5.27. The number of benzene rings is 2. The van der Waals surface area contributed by atoms with E-state index in [4.69, 9.17) is 4.74 Å². The summed E-state index contributed by atoms with van der Waals surface area (Å²) in [4.78, 5) is 20.0. The van der Waals surface area contributed by atoms with Crippen molar-refractivity contribution in [3.63, 3.8) is 0 Å². The standard InChI is InChI=1S/C18H19N3O2S/c1-3-23-14-9-10-15-16(11-14)21-18(20-15)24-12(2)17(22)19-13-7-5-4-6-8-13/h4-12H,3H2,1-2H3,(H,19,22)(H,20,21). The summed E-state index contributed by atoms with van der Waals surface area (Å²) in [6.07, 6.45) is 0. The molecule has 0 fully saturated rings. The fourth-order valence-electron chi connectivity index (χ4n) is 2.26. The van der Waals surface area contributed by atoms with Crippen molar-refractivity contribution in [3.8, 4) is 5.75 Å². The van der Waals surface area contributed by atoms with Gasteiger partial charge in [-0.15, -0.1) is 0 Å². The van der Waals surface area contributed by atoms with E-state index in [-0.39, 0.29) is 11.2 Å². The number of nitrogens with one attached hydrogen (secondary N) is 2. The Morgan fingerprint density at radius 3 is 2.83 bits per heavy atom. The molecule has 5 nitrogen and oxygen atoms in total. The van der Waals surface area contributed by atoms with Crippen LogP contribution in [-0.2, 0) is 4.79 Å². The summed E-state index contributed by atoms with van der Waals surface area (Å²) in [5.74, 6) is 0.752. The zero-order chi connectivity index (χ0) is 16.9. The Balaban J connectivity index is 1.68. The molecule has 1 amide bonds. The molecule has 6 heteroatoms. The van der Waals surface area contributed by atoms with Crippen molar-refractivity contribution >= 4 is 34.4 Å². The minimum absolute atomic E-state index is 0.0540. The van der Waals surface area contributed by atoms with E-state index in [9.17, 15) is 4.79 Å². The van der Waals surface area contributed by atoms with Gasteiger partial charge in [-0.05, 0) is 38.1 Å². The third-order valence-corrected chi connectivity index (χ3v) is 4.43. The topological polar surface area (TPSA) is 67.0 Å². The zero-order valence-electron chi connectivity index (χ0n) is 13.6. The van der Waals surface area contributed by atoms with Gasteiger partial charge in [0.15, 0.2) is 5.16 Å². The van der Waals surface area contributed by atoms with Gasteiger partial charge >= 0.3 is 0 Å². The Labute approximate surface area is 144 Å². The highest BCUT2D eigenvalue weighted by Crippen LogP contribution is 2.26. The molecule has 0 aliphatic rings. The molecule has 0 radical (unpaired) electrons. The molecular weight excluding hydrogens is 322 g/mol. The quantitative estimate of drug-likeness (QED) is 0.663. The lowest BCUT2D eigenvalue weighted by atomic mass is 10.3. The molecule has 0 saturated carbocycles. The molecule has 3 rings (SSSR count). The van der Waals surface area contributed by atoms with Crippen molar-refractivity contribution in [1.29, 1.82) is 0 Å². The van der Waals surface area contributed by atoms with E-state index in [1.54, 1.807) is 0 Å². The fraction of sp³-hybridized carbons (Fsp3) is 0.222. The molecule has 3 aromatic rings. The highest BCUT2D eigenvalue weighted by molar-refractivity contribution is 8.00. The molecule has 1 heterocycles. The van der Waals surface area contributed by atoms with E-state index in [0.717, 1.165) is 27.6 Å². The van der Waals surface area contributed by atoms with E-state index in [2.05, 4.69) is 15.3 Å². The van der Waals surface area contributed by atoms with Crippen LogP contribution in [0, 0.1) is 0 Å². The third-order valence-electron chi connectivity index (χ3n) is 3.44. The summed E-state index contributed by atoms with van der Waals surface area (Å²) in [6.45, 7) is 4.44. The number of H-pyrrole nitrogens is 1. The number of hydrogen-bond donors (Lipinski definition) is 2. The van der Waals surface area contributed by atoms with Gasteiger partial charge in [-0.25, -0.2) is 4.98 Å². The maximum absolute atomic E-state index is 12.3. The van der Waals surface area contributed by atoms with E-state index < -0.39 is 0 Å². The van der Waals surface area contributed by atoms with E-state index in [1.165, 1.54) is 11.8 Å². The summed E-state index contributed by atoms with van der Waals surface area (Å²) >= 11 is 1.40. The Bertz CT molecular complexity index is 833. The number of rotatable bonds is 6. The summed E-state index contributed by atoms with van der Waals surface area (Å²) in [7, 11) is 0. The van der Waals surface area contributed by atoms with Gasteiger partial charge in [-0.1, -0.05) is 30.0 Å². The minimum atomic E-state index is -0.267. The monoisotopic (exact) mass is 341 g/mol. The molecule has 2 aromatic carbocycles. The Morgan fingerprint density at radius 2 is 2.08 bits per heavy atom.